The average Bonchev–Trinajstić information content (AvgIpc) is 2.95. The Balaban J connectivity index is 1.90. The number of nitrogen functional groups attached to an aromatic ring is 1. The van der Waals surface area contributed by atoms with Crippen LogP contribution in [0.2, 0.25) is 0 Å². The van der Waals surface area contributed by atoms with Crippen molar-refractivity contribution in [2.45, 2.75) is 36.6 Å². The molecular weight excluding hydrogens is 354 g/mol. The molecule has 7 heteroatoms. The summed E-state index contributed by atoms with van der Waals surface area (Å²) in [5.74, 6) is 0. The van der Waals surface area contributed by atoms with Gasteiger partial charge in [-0.1, -0.05) is 12.8 Å². The first-order valence-electron chi connectivity index (χ1n) is 7.15. The summed E-state index contributed by atoms with van der Waals surface area (Å²) in [4.78, 5) is 2.47. The average molecular weight is 376 g/mol. The maximum Gasteiger partial charge on any atom is 0.240 e. The van der Waals surface area contributed by atoms with Gasteiger partial charge in [-0.15, -0.1) is 0 Å². The van der Waals surface area contributed by atoms with Crippen LogP contribution in [0.15, 0.2) is 27.6 Å². The number of halogens is 1. The van der Waals surface area contributed by atoms with E-state index in [9.17, 15) is 8.42 Å². The van der Waals surface area contributed by atoms with Gasteiger partial charge in [0.2, 0.25) is 10.0 Å². The van der Waals surface area contributed by atoms with Crippen LogP contribution in [-0.4, -0.2) is 39.5 Å². The van der Waals surface area contributed by atoms with Gasteiger partial charge in [0.25, 0.3) is 0 Å². The van der Waals surface area contributed by atoms with E-state index in [0.717, 1.165) is 6.54 Å². The van der Waals surface area contributed by atoms with Crippen LogP contribution in [0.3, 0.4) is 0 Å². The number of benzene rings is 1. The number of likely N-dealkylation sites (N-methyl/N-ethyl adjacent to an activating group) is 1. The van der Waals surface area contributed by atoms with E-state index in [1.807, 2.05) is 0 Å². The fourth-order valence-electron chi connectivity index (χ4n) is 2.64. The minimum Gasteiger partial charge on any atom is -0.398 e. The third kappa shape index (κ3) is 4.42. The van der Waals surface area contributed by atoms with Gasteiger partial charge in [0.05, 0.1) is 4.90 Å². The zero-order chi connectivity index (χ0) is 15.5. The molecule has 1 aliphatic rings. The molecule has 1 fully saturated rings. The molecule has 0 radical (unpaired) electrons. The van der Waals surface area contributed by atoms with Gasteiger partial charge in [0.15, 0.2) is 0 Å². The maximum atomic E-state index is 12.2. The summed E-state index contributed by atoms with van der Waals surface area (Å²) in [6, 6.07) is 5.23. The summed E-state index contributed by atoms with van der Waals surface area (Å²) in [6.07, 6.45) is 4.99. The number of anilines is 1. The third-order valence-electron chi connectivity index (χ3n) is 3.99. The molecule has 0 aliphatic heterocycles. The van der Waals surface area contributed by atoms with Crippen LogP contribution < -0.4 is 10.5 Å². The van der Waals surface area contributed by atoms with Crippen molar-refractivity contribution in [2.75, 3.05) is 25.9 Å². The second-order valence-electron chi connectivity index (χ2n) is 5.50. The van der Waals surface area contributed by atoms with Crippen LogP contribution in [0.1, 0.15) is 25.7 Å². The van der Waals surface area contributed by atoms with Crippen molar-refractivity contribution in [3.63, 3.8) is 0 Å². The van der Waals surface area contributed by atoms with Gasteiger partial charge < -0.3 is 10.6 Å². The molecule has 0 unspecified atom stereocenters. The SMILES string of the molecule is CN(CCNS(=O)(=O)c1ccc(N)c(Br)c1)C1CCCC1. The predicted octanol–water partition coefficient (Wildman–Crippen LogP) is 2.18. The van der Waals surface area contributed by atoms with E-state index in [4.69, 9.17) is 5.73 Å². The number of sulfonamides is 1. The molecule has 0 atom stereocenters. The molecule has 0 spiro atoms. The summed E-state index contributed by atoms with van der Waals surface area (Å²) < 4.78 is 27.7. The van der Waals surface area contributed by atoms with Gasteiger partial charge in [-0.25, -0.2) is 13.1 Å². The molecule has 0 saturated heterocycles. The molecule has 1 aromatic carbocycles. The van der Waals surface area contributed by atoms with E-state index in [1.165, 1.54) is 37.8 Å². The lowest BCUT2D eigenvalue weighted by molar-refractivity contribution is 0.250. The number of nitrogens with zero attached hydrogens (tertiary/aromatic N) is 1. The number of nitrogens with one attached hydrogen (secondary N) is 1. The highest BCUT2D eigenvalue weighted by atomic mass is 79.9. The topological polar surface area (TPSA) is 75.4 Å². The summed E-state index contributed by atoms with van der Waals surface area (Å²) in [5.41, 5.74) is 6.20. The molecule has 1 aliphatic carbocycles. The normalized spacial score (nSPS) is 16.7. The molecule has 3 N–H and O–H groups in total. The molecule has 21 heavy (non-hydrogen) atoms. The number of rotatable bonds is 6. The Morgan fingerprint density at radius 3 is 2.67 bits per heavy atom. The quantitative estimate of drug-likeness (QED) is 0.747. The Morgan fingerprint density at radius 2 is 2.05 bits per heavy atom. The first kappa shape index (κ1) is 16.7. The maximum absolute atomic E-state index is 12.2. The second kappa shape index (κ2) is 7.09. The standard InChI is InChI=1S/C14H22BrN3O2S/c1-18(11-4-2-3-5-11)9-8-17-21(19,20)12-6-7-14(16)13(15)10-12/h6-7,10-11,17H,2-5,8-9,16H2,1H3. The summed E-state index contributed by atoms with van der Waals surface area (Å²) in [7, 11) is -1.42. The number of hydrogen-bond donors (Lipinski definition) is 2. The van der Waals surface area contributed by atoms with Gasteiger partial charge in [0, 0.05) is 29.3 Å². The van der Waals surface area contributed by atoms with Crippen molar-refractivity contribution in [1.29, 1.82) is 0 Å². The van der Waals surface area contributed by atoms with E-state index in [0.29, 0.717) is 22.7 Å². The van der Waals surface area contributed by atoms with E-state index < -0.39 is 10.0 Å². The van der Waals surface area contributed by atoms with E-state index in [-0.39, 0.29) is 4.90 Å². The largest absolute Gasteiger partial charge is 0.398 e. The van der Waals surface area contributed by atoms with Crippen molar-refractivity contribution < 1.29 is 8.42 Å². The Kier molecular flexibility index (Phi) is 5.65. The molecule has 2 rings (SSSR count). The minimum atomic E-state index is -3.48. The Morgan fingerprint density at radius 1 is 1.38 bits per heavy atom. The molecule has 0 aromatic heterocycles. The fourth-order valence-corrected chi connectivity index (χ4v) is 4.22. The fraction of sp³-hybridized carbons (Fsp3) is 0.571. The second-order valence-corrected chi connectivity index (χ2v) is 8.12. The van der Waals surface area contributed by atoms with E-state index in [1.54, 1.807) is 6.07 Å². The zero-order valence-corrected chi connectivity index (χ0v) is 14.6. The van der Waals surface area contributed by atoms with Crippen LogP contribution >= 0.6 is 15.9 Å². The smallest absolute Gasteiger partial charge is 0.240 e. The summed E-state index contributed by atoms with van der Waals surface area (Å²) >= 11 is 3.25. The first-order valence-corrected chi connectivity index (χ1v) is 9.43. The lowest BCUT2D eigenvalue weighted by atomic mass is 10.2. The van der Waals surface area contributed by atoms with Gasteiger partial charge in [-0.2, -0.15) is 0 Å². The van der Waals surface area contributed by atoms with Crippen molar-refractivity contribution in [2.24, 2.45) is 0 Å². The molecular formula is C14H22BrN3O2S. The molecule has 5 nitrogen and oxygen atoms in total. The lowest BCUT2D eigenvalue weighted by Gasteiger charge is -2.23. The molecule has 1 aromatic rings. The zero-order valence-electron chi connectivity index (χ0n) is 12.2. The van der Waals surface area contributed by atoms with E-state index >= 15 is 0 Å². The molecule has 0 bridgehead atoms. The van der Waals surface area contributed by atoms with Crippen molar-refractivity contribution in [1.82, 2.24) is 9.62 Å². The molecule has 1 saturated carbocycles. The lowest BCUT2D eigenvalue weighted by Crippen LogP contribution is -2.37. The predicted molar refractivity (Wildman–Crippen MR) is 88.6 cm³/mol. The Bertz CT molecular complexity index is 586. The minimum absolute atomic E-state index is 0.229. The number of hydrogen-bond acceptors (Lipinski definition) is 4. The Labute approximate surface area is 135 Å². The van der Waals surface area contributed by atoms with Crippen LogP contribution in [0.5, 0.6) is 0 Å². The third-order valence-corrected chi connectivity index (χ3v) is 6.13. The molecule has 0 amide bonds. The number of nitrogens with two attached hydrogens (primary N) is 1. The first-order chi connectivity index (χ1) is 9.90. The van der Waals surface area contributed by atoms with Crippen molar-refractivity contribution in [3.8, 4) is 0 Å². The van der Waals surface area contributed by atoms with Gasteiger partial charge in [-0.05, 0) is 54.0 Å². The molecule has 118 valence electrons. The Hall–Kier alpha value is -0.630. The summed E-state index contributed by atoms with van der Waals surface area (Å²) in [6.45, 7) is 1.14. The monoisotopic (exact) mass is 375 g/mol. The van der Waals surface area contributed by atoms with Crippen LogP contribution in [0.25, 0.3) is 0 Å². The highest BCUT2D eigenvalue weighted by Crippen LogP contribution is 2.23. The van der Waals surface area contributed by atoms with Gasteiger partial charge >= 0.3 is 0 Å². The summed E-state index contributed by atoms with van der Waals surface area (Å²) in [5, 5.41) is 0. The van der Waals surface area contributed by atoms with Gasteiger partial charge in [-0.3, -0.25) is 0 Å². The van der Waals surface area contributed by atoms with Crippen LogP contribution in [0.4, 0.5) is 5.69 Å². The van der Waals surface area contributed by atoms with Crippen LogP contribution in [-0.2, 0) is 10.0 Å². The van der Waals surface area contributed by atoms with E-state index in [2.05, 4.69) is 32.6 Å². The van der Waals surface area contributed by atoms with Crippen molar-refractivity contribution >= 4 is 31.6 Å². The molecule has 0 heterocycles. The van der Waals surface area contributed by atoms with Crippen molar-refractivity contribution in [3.05, 3.63) is 22.7 Å². The van der Waals surface area contributed by atoms with Gasteiger partial charge in [0.1, 0.15) is 0 Å². The van der Waals surface area contributed by atoms with Crippen LogP contribution in [0, 0.1) is 0 Å². The highest BCUT2D eigenvalue weighted by molar-refractivity contribution is 9.10. The highest BCUT2D eigenvalue weighted by Gasteiger charge is 2.20.